The van der Waals surface area contributed by atoms with Crippen molar-refractivity contribution < 1.29 is 14.7 Å². The zero-order chi connectivity index (χ0) is 20.7. The molecule has 0 bridgehead atoms. The van der Waals surface area contributed by atoms with Crippen molar-refractivity contribution in [3.63, 3.8) is 0 Å². The van der Waals surface area contributed by atoms with Gasteiger partial charge in [0.05, 0.1) is 0 Å². The highest BCUT2D eigenvalue weighted by molar-refractivity contribution is 5.95. The Morgan fingerprint density at radius 1 is 1.21 bits per heavy atom. The molecule has 1 amide bonds. The molecule has 0 aliphatic carbocycles. The van der Waals surface area contributed by atoms with Crippen LogP contribution in [0.15, 0.2) is 69.8 Å². The second-order valence-corrected chi connectivity index (χ2v) is 6.29. The van der Waals surface area contributed by atoms with Gasteiger partial charge in [0.2, 0.25) is 5.66 Å². The number of hydrogen-bond acceptors (Lipinski definition) is 7. The molecule has 2 atom stereocenters. The van der Waals surface area contributed by atoms with E-state index in [-0.39, 0.29) is 18.3 Å². The number of amidine groups is 1. The summed E-state index contributed by atoms with van der Waals surface area (Å²) in [5.74, 6) is -0.464. The first-order valence-corrected chi connectivity index (χ1v) is 9.09. The van der Waals surface area contributed by atoms with Crippen molar-refractivity contribution in [2.45, 2.75) is 25.2 Å². The van der Waals surface area contributed by atoms with E-state index < -0.39 is 11.8 Å². The number of ether oxygens (including phenoxy) is 1. The first-order chi connectivity index (χ1) is 14.1. The Morgan fingerprint density at radius 3 is 2.52 bits per heavy atom. The number of carbonyl (C=O) groups is 1. The molecule has 29 heavy (non-hydrogen) atoms. The van der Waals surface area contributed by atoms with Crippen LogP contribution >= 0.6 is 0 Å². The van der Waals surface area contributed by atoms with Crippen LogP contribution in [0.25, 0.3) is 0 Å². The van der Waals surface area contributed by atoms with Gasteiger partial charge in [-0.05, 0) is 12.5 Å². The van der Waals surface area contributed by atoms with Gasteiger partial charge in [-0.15, -0.1) is 10.2 Å². The molecule has 2 aromatic rings. The molecule has 0 saturated heterocycles. The molecule has 0 spiro atoms. The van der Waals surface area contributed by atoms with Gasteiger partial charge >= 0.3 is 0 Å². The highest BCUT2D eigenvalue weighted by atomic mass is 16.5. The minimum atomic E-state index is -1.26. The molecular weight excluding hydrogens is 372 g/mol. The predicted molar refractivity (Wildman–Crippen MR) is 107 cm³/mol. The van der Waals surface area contributed by atoms with Gasteiger partial charge in [0, 0.05) is 24.3 Å². The molecule has 1 heterocycles. The van der Waals surface area contributed by atoms with E-state index in [1.807, 2.05) is 30.3 Å². The summed E-state index contributed by atoms with van der Waals surface area (Å²) in [6.07, 6.45) is 0.346. The molecule has 0 fully saturated rings. The molecular formula is C20H22N6O3. The van der Waals surface area contributed by atoms with Gasteiger partial charge in [-0.3, -0.25) is 20.9 Å². The zero-order valence-electron chi connectivity index (χ0n) is 15.9. The number of azo groups is 1. The van der Waals surface area contributed by atoms with Crippen molar-refractivity contribution in [2.24, 2.45) is 15.2 Å². The first kappa shape index (κ1) is 20.3. The SMILES string of the molecule is CCO[C@H](C(=O)NCc1ccc(C(=N)NO)cc1)C1(c2ccccc2)N=CN=N1. The molecule has 150 valence electrons. The largest absolute Gasteiger partial charge is 0.364 e. The second kappa shape index (κ2) is 9.18. The van der Waals surface area contributed by atoms with Crippen molar-refractivity contribution in [1.29, 1.82) is 5.41 Å². The lowest BCUT2D eigenvalue weighted by Crippen LogP contribution is -2.48. The first-order valence-electron chi connectivity index (χ1n) is 9.09. The van der Waals surface area contributed by atoms with Crippen molar-refractivity contribution in [3.8, 4) is 0 Å². The minimum absolute atomic E-state index is 0.105. The Bertz CT molecular complexity index is 900. The fourth-order valence-corrected chi connectivity index (χ4v) is 3.02. The van der Waals surface area contributed by atoms with Gasteiger partial charge in [0.1, 0.15) is 12.2 Å². The molecule has 0 radical (unpaired) electrons. The average Bonchev–Trinajstić information content (AvgIpc) is 3.27. The summed E-state index contributed by atoms with van der Waals surface area (Å²) in [7, 11) is 0. The molecule has 9 nitrogen and oxygen atoms in total. The number of nitrogens with zero attached hydrogens (tertiary/aromatic N) is 3. The van der Waals surface area contributed by atoms with Crippen molar-refractivity contribution in [3.05, 3.63) is 71.3 Å². The number of hydrogen-bond donors (Lipinski definition) is 4. The Balaban J connectivity index is 1.77. The summed E-state index contributed by atoms with van der Waals surface area (Å²) in [5.41, 5.74) is 2.61. The third-order valence-corrected chi connectivity index (χ3v) is 4.47. The van der Waals surface area contributed by atoms with Crippen molar-refractivity contribution in [1.82, 2.24) is 10.8 Å². The normalized spacial score (nSPS) is 18.4. The standard InChI is InChI=1S/C20H22N6O3/c1-2-29-17(20(23-13-24-26-20)16-6-4-3-5-7-16)19(27)22-12-14-8-10-15(11-9-14)18(21)25-28/h3-11,13,17,28H,2,12H2,1H3,(H2,21,25)(H,22,27)/t17-,20?/m1/s1. The van der Waals surface area contributed by atoms with Crippen LogP contribution in [-0.4, -0.2) is 36.0 Å². The highest BCUT2D eigenvalue weighted by Crippen LogP contribution is 2.36. The summed E-state index contributed by atoms with van der Waals surface area (Å²) in [5, 5.41) is 27.3. The summed E-state index contributed by atoms with van der Waals surface area (Å²) >= 11 is 0. The summed E-state index contributed by atoms with van der Waals surface area (Å²) < 4.78 is 5.76. The van der Waals surface area contributed by atoms with Crippen LogP contribution in [0, 0.1) is 5.41 Å². The van der Waals surface area contributed by atoms with E-state index in [1.54, 1.807) is 36.7 Å². The summed E-state index contributed by atoms with van der Waals surface area (Å²) in [4.78, 5) is 17.4. The average molecular weight is 394 g/mol. The third kappa shape index (κ3) is 4.36. The molecule has 1 aliphatic heterocycles. The lowest BCUT2D eigenvalue weighted by molar-refractivity contribution is -0.137. The number of rotatable bonds is 8. The van der Waals surface area contributed by atoms with Gasteiger partial charge < -0.3 is 10.1 Å². The predicted octanol–water partition coefficient (Wildman–Crippen LogP) is 2.36. The van der Waals surface area contributed by atoms with Crippen LogP contribution < -0.4 is 10.8 Å². The van der Waals surface area contributed by atoms with Crippen LogP contribution in [0.2, 0.25) is 0 Å². The second-order valence-electron chi connectivity index (χ2n) is 6.29. The van der Waals surface area contributed by atoms with Gasteiger partial charge in [0.15, 0.2) is 6.10 Å². The maximum absolute atomic E-state index is 13.0. The van der Waals surface area contributed by atoms with Crippen LogP contribution in [-0.2, 0) is 21.7 Å². The van der Waals surface area contributed by atoms with E-state index in [1.165, 1.54) is 6.34 Å². The topological polar surface area (TPSA) is 132 Å². The molecule has 3 rings (SSSR count). The number of benzene rings is 2. The van der Waals surface area contributed by atoms with Gasteiger partial charge in [-0.1, -0.05) is 54.6 Å². The van der Waals surface area contributed by atoms with E-state index in [0.29, 0.717) is 17.7 Å². The quantitative estimate of drug-likeness (QED) is 0.311. The highest BCUT2D eigenvalue weighted by Gasteiger charge is 2.47. The Kier molecular flexibility index (Phi) is 6.43. The molecule has 4 N–H and O–H groups in total. The lowest BCUT2D eigenvalue weighted by atomic mass is 9.94. The Labute approximate surface area is 168 Å². The van der Waals surface area contributed by atoms with Gasteiger partial charge in [-0.2, -0.15) is 0 Å². The van der Waals surface area contributed by atoms with Gasteiger partial charge in [-0.25, -0.2) is 4.99 Å². The number of aliphatic imine (C=N–C) groups is 1. The fraction of sp³-hybridized carbons (Fsp3) is 0.250. The zero-order valence-corrected chi connectivity index (χ0v) is 15.9. The summed E-state index contributed by atoms with van der Waals surface area (Å²) in [6.45, 7) is 2.37. The van der Waals surface area contributed by atoms with Crippen LogP contribution in [0.4, 0.5) is 0 Å². The molecule has 9 heteroatoms. The Hall–Kier alpha value is -3.43. The van der Waals surface area contributed by atoms with E-state index >= 15 is 0 Å². The number of nitrogens with one attached hydrogen (secondary N) is 3. The molecule has 2 aromatic carbocycles. The van der Waals surface area contributed by atoms with Crippen LogP contribution in [0.5, 0.6) is 0 Å². The lowest BCUT2D eigenvalue weighted by Gasteiger charge is -2.30. The maximum atomic E-state index is 13.0. The minimum Gasteiger partial charge on any atom is -0.364 e. The van der Waals surface area contributed by atoms with E-state index in [9.17, 15) is 4.79 Å². The monoisotopic (exact) mass is 394 g/mol. The number of amides is 1. The van der Waals surface area contributed by atoms with Gasteiger partial charge in [0.25, 0.3) is 5.91 Å². The third-order valence-electron chi connectivity index (χ3n) is 4.47. The molecule has 1 unspecified atom stereocenters. The smallest absolute Gasteiger partial charge is 0.254 e. The fourth-order valence-electron chi connectivity index (χ4n) is 3.02. The number of carbonyl (C=O) groups excluding carboxylic acids is 1. The molecule has 1 aliphatic rings. The molecule has 0 aromatic heterocycles. The van der Waals surface area contributed by atoms with Crippen molar-refractivity contribution >= 4 is 18.1 Å². The van der Waals surface area contributed by atoms with E-state index in [2.05, 4.69) is 20.5 Å². The Morgan fingerprint density at radius 2 is 1.93 bits per heavy atom. The number of hydroxylamine groups is 1. The van der Waals surface area contributed by atoms with Crippen molar-refractivity contribution in [2.75, 3.05) is 6.61 Å². The van der Waals surface area contributed by atoms with Crippen LogP contribution in [0.3, 0.4) is 0 Å². The van der Waals surface area contributed by atoms with E-state index in [4.69, 9.17) is 15.4 Å². The summed E-state index contributed by atoms with van der Waals surface area (Å²) in [6, 6.07) is 16.1. The molecule has 0 saturated carbocycles. The van der Waals surface area contributed by atoms with Crippen LogP contribution in [0.1, 0.15) is 23.6 Å². The maximum Gasteiger partial charge on any atom is 0.254 e. The van der Waals surface area contributed by atoms with E-state index in [0.717, 1.165) is 5.56 Å².